The first-order chi connectivity index (χ1) is 6.34. The maximum atomic E-state index is 11.2. The van der Waals surface area contributed by atoms with E-state index >= 15 is 0 Å². The molecule has 4 heteroatoms. The summed E-state index contributed by atoms with van der Waals surface area (Å²) >= 11 is 0. The van der Waals surface area contributed by atoms with Gasteiger partial charge in [-0.15, -0.1) is 0 Å². The van der Waals surface area contributed by atoms with Crippen molar-refractivity contribution in [3.63, 3.8) is 0 Å². The molecule has 0 rings (SSSR count). The van der Waals surface area contributed by atoms with Gasteiger partial charge in [0.25, 0.3) is 5.91 Å². The number of aliphatic imine (C=N–C) groups is 1. The second-order valence-electron chi connectivity index (χ2n) is 3.84. The van der Waals surface area contributed by atoms with Crippen molar-refractivity contribution < 1.29 is 9.59 Å². The number of hydrogen-bond donors (Lipinski definition) is 1. The molecular weight excluding hydrogens is 180 g/mol. The van der Waals surface area contributed by atoms with E-state index in [0.29, 0.717) is 18.1 Å². The fraction of sp³-hybridized carbons (Fsp3) is 0.700. The fourth-order valence-corrected chi connectivity index (χ4v) is 0.890. The summed E-state index contributed by atoms with van der Waals surface area (Å²) in [6, 6.07) is -0.642. The van der Waals surface area contributed by atoms with Gasteiger partial charge in [-0.05, 0) is 19.3 Å². The third-order valence-corrected chi connectivity index (χ3v) is 1.64. The normalized spacial score (nSPS) is 14.3. The highest BCUT2D eigenvalue weighted by Crippen LogP contribution is 2.03. The summed E-state index contributed by atoms with van der Waals surface area (Å²) in [7, 11) is 0. The van der Waals surface area contributed by atoms with Crippen LogP contribution in [-0.4, -0.2) is 23.4 Å². The Morgan fingerprint density at radius 1 is 1.29 bits per heavy atom. The van der Waals surface area contributed by atoms with Crippen molar-refractivity contribution >= 4 is 17.4 Å². The van der Waals surface area contributed by atoms with Gasteiger partial charge >= 0.3 is 0 Å². The Balaban J connectivity index is 4.65. The molecule has 0 aliphatic rings. The molecule has 0 aromatic rings. The Labute approximate surface area is 84.6 Å². The molecule has 1 unspecified atom stereocenters. The van der Waals surface area contributed by atoms with Crippen LogP contribution in [0.2, 0.25) is 0 Å². The number of amides is 1. The van der Waals surface area contributed by atoms with Crippen LogP contribution in [0.4, 0.5) is 0 Å². The first-order valence-electron chi connectivity index (χ1n) is 4.72. The van der Waals surface area contributed by atoms with Crippen molar-refractivity contribution in [3.8, 4) is 0 Å². The second kappa shape index (κ2) is 5.65. The zero-order valence-electron chi connectivity index (χ0n) is 9.20. The lowest BCUT2D eigenvalue weighted by molar-refractivity contribution is -0.119. The second-order valence-corrected chi connectivity index (χ2v) is 3.84. The molecule has 0 aliphatic carbocycles. The van der Waals surface area contributed by atoms with Crippen molar-refractivity contribution in [1.29, 1.82) is 0 Å². The molecular formula is C10H18N2O2. The average Bonchev–Trinajstić information content (AvgIpc) is 2.01. The van der Waals surface area contributed by atoms with Crippen LogP contribution in [0.15, 0.2) is 4.99 Å². The predicted octanol–water partition coefficient (Wildman–Crippen LogP) is 0.936. The number of rotatable bonds is 4. The van der Waals surface area contributed by atoms with Gasteiger partial charge in [-0.1, -0.05) is 13.8 Å². The van der Waals surface area contributed by atoms with Crippen molar-refractivity contribution in [3.05, 3.63) is 0 Å². The zero-order chi connectivity index (χ0) is 11.3. The van der Waals surface area contributed by atoms with Crippen LogP contribution in [-0.2, 0) is 9.59 Å². The first-order valence-corrected chi connectivity index (χ1v) is 4.72. The van der Waals surface area contributed by atoms with Gasteiger partial charge in [0.1, 0.15) is 0 Å². The summed E-state index contributed by atoms with van der Waals surface area (Å²) in [4.78, 5) is 26.0. The summed E-state index contributed by atoms with van der Waals surface area (Å²) in [5.41, 5.74) is 5.67. The van der Waals surface area contributed by atoms with Gasteiger partial charge in [0.05, 0.1) is 11.8 Å². The molecule has 0 aromatic heterocycles. The number of Topliss-reactive ketones (excluding diaryl/α,β-unsaturated/α-hetero) is 1. The van der Waals surface area contributed by atoms with Crippen LogP contribution in [0.25, 0.3) is 0 Å². The number of carbonyl (C=O) groups excluding carboxylic acids is 2. The fourth-order valence-electron chi connectivity index (χ4n) is 0.890. The molecule has 0 bridgehead atoms. The largest absolute Gasteiger partial charge is 0.320 e. The molecule has 1 atom stereocenters. The molecule has 4 nitrogen and oxygen atoms in total. The standard InChI is InChI=1S/C10H18N2O2/c1-6(2)5-9(8(4)13)12-10(14)7(3)11/h6-7H,5,11H2,1-4H3/b12-9-. The quantitative estimate of drug-likeness (QED) is 0.683. The third kappa shape index (κ3) is 4.87. The highest BCUT2D eigenvalue weighted by Gasteiger charge is 2.12. The Morgan fingerprint density at radius 2 is 1.79 bits per heavy atom. The molecule has 0 aromatic carbocycles. The van der Waals surface area contributed by atoms with E-state index < -0.39 is 11.9 Å². The summed E-state index contributed by atoms with van der Waals surface area (Å²) < 4.78 is 0. The lowest BCUT2D eigenvalue weighted by atomic mass is 10.0. The summed E-state index contributed by atoms with van der Waals surface area (Å²) in [6.45, 7) is 6.90. The van der Waals surface area contributed by atoms with Gasteiger partial charge < -0.3 is 5.73 Å². The molecule has 2 N–H and O–H groups in total. The van der Waals surface area contributed by atoms with Crippen molar-refractivity contribution in [2.75, 3.05) is 0 Å². The van der Waals surface area contributed by atoms with E-state index in [-0.39, 0.29) is 5.78 Å². The minimum Gasteiger partial charge on any atom is -0.320 e. The molecule has 1 amide bonds. The molecule has 0 heterocycles. The molecule has 0 fully saturated rings. The number of nitrogens with zero attached hydrogens (tertiary/aromatic N) is 1. The van der Waals surface area contributed by atoms with E-state index in [1.54, 1.807) is 6.92 Å². The average molecular weight is 198 g/mol. The Bertz CT molecular complexity index is 255. The molecule has 0 saturated carbocycles. The summed E-state index contributed by atoms with van der Waals surface area (Å²) in [6.07, 6.45) is 0.522. The molecule has 0 aliphatic heterocycles. The van der Waals surface area contributed by atoms with E-state index in [2.05, 4.69) is 4.99 Å². The molecule has 0 spiro atoms. The summed E-state index contributed by atoms with van der Waals surface area (Å²) in [5, 5.41) is 0. The maximum absolute atomic E-state index is 11.2. The van der Waals surface area contributed by atoms with E-state index in [9.17, 15) is 9.59 Å². The minimum absolute atomic E-state index is 0.160. The Hall–Kier alpha value is -1.03. The smallest absolute Gasteiger partial charge is 0.262 e. The zero-order valence-corrected chi connectivity index (χ0v) is 9.20. The van der Waals surface area contributed by atoms with Crippen molar-refractivity contribution in [2.24, 2.45) is 16.6 Å². The van der Waals surface area contributed by atoms with E-state index in [1.807, 2.05) is 13.8 Å². The van der Waals surface area contributed by atoms with Gasteiger partial charge in [-0.3, -0.25) is 9.59 Å². The molecule has 0 radical (unpaired) electrons. The molecule has 14 heavy (non-hydrogen) atoms. The van der Waals surface area contributed by atoms with E-state index in [0.717, 1.165) is 0 Å². The summed E-state index contributed by atoms with van der Waals surface area (Å²) in [5.74, 6) is -0.290. The van der Waals surface area contributed by atoms with Gasteiger partial charge in [-0.25, -0.2) is 4.99 Å². The van der Waals surface area contributed by atoms with Crippen LogP contribution in [0.3, 0.4) is 0 Å². The van der Waals surface area contributed by atoms with E-state index in [4.69, 9.17) is 5.73 Å². The van der Waals surface area contributed by atoms with Crippen LogP contribution < -0.4 is 5.73 Å². The van der Waals surface area contributed by atoms with Gasteiger partial charge in [0.2, 0.25) is 0 Å². The monoisotopic (exact) mass is 198 g/mol. The molecule has 0 saturated heterocycles. The van der Waals surface area contributed by atoms with Crippen molar-refractivity contribution in [1.82, 2.24) is 0 Å². The Kier molecular flexibility index (Phi) is 5.23. The van der Waals surface area contributed by atoms with Crippen LogP contribution in [0, 0.1) is 5.92 Å². The molecule has 80 valence electrons. The minimum atomic E-state index is -0.642. The number of hydrogen-bond acceptors (Lipinski definition) is 3. The van der Waals surface area contributed by atoms with Crippen molar-refractivity contribution in [2.45, 2.75) is 40.2 Å². The predicted molar refractivity (Wildman–Crippen MR) is 56.2 cm³/mol. The highest BCUT2D eigenvalue weighted by molar-refractivity contribution is 6.40. The maximum Gasteiger partial charge on any atom is 0.262 e. The highest BCUT2D eigenvalue weighted by atomic mass is 16.2. The third-order valence-electron chi connectivity index (χ3n) is 1.64. The first kappa shape index (κ1) is 13.0. The van der Waals surface area contributed by atoms with Gasteiger partial charge in [0.15, 0.2) is 5.78 Å². The van der Waals surface area contributed by atoms with Crippen LogP contribution in [0.5, 0.6) is 0 Å². The lowest BCUT2D eigenvalue weighted by Crippen LogP contribution is -2.27. The van der Waals surface area contributed by atoms with Crippen LogP contribution >= 0.6 is 0 Å². The SMILES string of the molecule is CC(=O)/C(CC(C)C)=N\C(=O)C(C)N. The van der Waals surface area contributed by atoms with E-state index in [1.165, 1.54) is 6.92 Å². The number of nitrogens with two attached hydrogens (primary N) is 1. The van der Waals surface area contributed by atoms with Crippen LogP contribution in [0.1, 0.15) is 34.1 Å². The Morgan fingerprint density at radius 3 is 2.07 bits per heavy atom. The topological polar surface area (TPSA) is 72.5 Å². The van der Waals surface area contributed by atoms with Gasteiger partial charge in [-0.2, -0.15) is 0 Å². The lowest BCUT2D eigenvalue weighted by Gasteiger charge is -2.06. The number of ketones is 1. The number of carbonyl (C=O) groups is 2. The van der Waals surface area contributed by atoms with Gasteiger partial charge in [0, 0.05) is 6.92 Å².